The van der Waals surface area contributed by atoms with E-state index in [4.69, 9.17) is 14.2 Å². The molecule has 2 amide bonds. The second-order valence-electron chi connectivity index (χ2n) is 9.11. The summed E-state index contributed by atoms with van der Waals surface area (Å²) in [4.78, 5) is 30.1. The summed E-state index contributed by atoms with van der Waals surface area (Å²) in [5, 5.41) is 2.98. The fraction of sp³-hybridized carbons (Fsp3) is 0.481. The highest BCUT2D eigenvalue weighted by Crippen LogP contribution is 2.34. The van der Waals surface area contributed by atoms with Gasteiger partial charge in [0.15, 0.2) is 11.5 Å². The highest BCUT2D eigenvalue weighted by atomic mass is 16.5. The lowest BCUT2D eigenvalue weighted by molar-refractivity contribution is -0.138. The smallest absolute Gasteiger partial charge is 0.251 e. The van der Waals surface area contributed by atoms with E-state index < -0.39 is 0 Å². The fourth-order valence-electron chi connectivity index (χ4n) is 4.98. The van der Waals surface area contributed by atoms with Gasteiger partial charge in [-0.3, -0.25) is 9.59 Å². The van der Waals surface area contributed by atoms with Crippen LogP contribution in [-0.4, -0.2) is 75.7 Å². The van der Waals surface area contributed by atoms with Gasteiger partial charge < -0.3 is 29.3 Å². The van der Waals surface area contributed by atoms with Crippen LogP contribution in [0.5, 0.6) is 17.2 Å². The average molecular weight is 482 g/mol. The van der Waals surface area contributed by atoms with Crippen molar-refractivity contribution in [2.24, 2.45) is 5.92 Å². The van der Waals surface area contributed by atoms with E-state index in [0.29, 0.717) is 36.7 Å². The number of benzene rings is 2. The van der Waals surface area contributed by atoms with Crippen LogP contribution < -0.4 is 19.5 Å². The first kappa shape index (κ1) is 24.9. The molecule has 2 heterocycles. The predicted octanol–water partition coefficient (Wildman–Crippen LogP) is 2.74. The number of nitrogens with one attached hydrogen (secondary N) is 1. The molecule has 1 fully saturated rings. The summed E-state index contributed by atoms with van der Waals surface area (Å²) in [6, 6.07) is 11.1. The van der Waals surface area contributed by atoms with Crippen molar-refractivity contribution in [3.63, 3.8) is 0 Å². The van der Waals surface area contributed by atoms with Gasteiger partial charge >= 0.3 is 0 Å². The summed E-state index contributed by atoms with van der Waals surface area (Å²) >= 11 is 0. The van der Waals surface area contributed by atoms with E-state index in [-0.39, 0.29) is 17.7 Å². The third-order valence-electron chi connectivity index (χ3n) is 6.93. The molecule has 0 saturated carbocycles. The zero-order valence-electron chi connectivity index (χ0n) is 20.8. The molecule has 2 aromatic rings. The average Bonchev–Trinajstić information content (AvgIpc) is 2.91. The highest BCUT2D eigenvalue weighted by molar-refractivity contribution is 5.94. The number of rotatable bonds is 8. The summed E-state index contributed by atoms with van der Waals surface area (Å²) in [5.74, 6) is 2.17. The Kier molecular flexibility index (Phi) is 8.13. The first-order valence-electron chi connectivity index (χ1n) is 12.2. The second-order valence-corrected chi connectivity index (χ2v) is 9.11. The van der Waals surface area contributed by atoms with Crippen molar-refractivity contribution in [3.05, 3.63) is 53.1 Å². The van der Waals surface area contributed by atoms with Crippen LogP contribution in [0.2, 0.25) is 0 Å². The van der Waals surface area contributed by atoms with Crippen molar-refractivity contribution in [1.29, 1.82) is 0 Å². The second kappa shape index (κ2) is 11.4. The van der Waals surface area contributed by atoms with Gasteiger partial charge in [-0.05, 0) is 67.3 Å². The zero-order valence-corrected chi connectivity index (χ0v) is 20.8. The van der Waals surface area contributed by atoms with Gasteiger partial charge in [0.2, 0.25) is 5.91 Å². The topological polar surface area (TPSA) is 80.3 Å². The number of nitrogens with zero attached hydrogens (tertiary/aromatic N) is 2. The molecule has 0 aromatic heterocycles. The Labute approximate surface area is 207 Å². The van der Waals surface area contributed by atoms with E-state index in [1.54, 1.807) is 39.5 Å². The Bertz CT molecular complexity index is 1060. The van der Waals surface area contributed by atoms with Crippen molar-refractivity contribution in [2.45, 2.75) is 25.8 Å². The number of amides is 2. The molecule has 0 aliphatic carbocycles. The van der Waals surface area contributed by atoms with E-state index in [0.717, 1.165) is 50.2 Å². The molecule has 1 atom stereocenters. The minimum Gasteiger partial charge on any atom is -0.497 e. The van der Waals surface area contributed by atoms with Gasteiger partial charge in [-0.1, -0.05) is 6.07 Å². The van der Waals surface area contributed by atoms with Gasteiger partial charge in [0.05, 0.1) is 27.2 Å². The molecule has 2 aliphatic heterocycles. The SMILES string of the molecule is COc1cccc(C(=O)NCCN2CCC[C@@H](C(=O)N3CCc4cc(OC)c(OC)cc4C3)C2)c1. The summed E-state index contributed by atoms with van der Waals surface area (Å²) in [6.45, 7) is 4.24. The van der Waals surface area contributed by atoms with Crippen molar-refractivity contribution < 1.29 is 23.8 Å². The number of carbonyl (C=O) groups excluding carboxylic acids is 2. The van der Waals surface area contributed by atoms with Crippen molar-refractivity contribution in [3.8, 4) is 17.2 Å². The number of likely N-dealkylation sites (tertiary alicyclic amines) is 1. The monoisotopic (exact) mass is 481 g/mol. The molecule has 1 N–H and O–H groups in total. The number of methoxy groups -OCH3 is 3. The summed E-state index contributed by atoms with van der Waals surface area (Å²) in [7, 11) is 4.86. The Morgan fingerprint density at radius 2 is 1.77 bits per heavy atom. The molecule has 188 valence electrons. The number of fused-ring (bicyclic) bond motifs is 1. The molecular weight excluding hydrogens is 446 g/mol. The summed E-state index contributed by atoms with van der Waals surface area (Å²) in [5.41, 5.74) is 2.91. The van der Waals surface area contributed by atoms with Crippen LogP contribution in [0, 0.1) is 5.92 Å². The lowest BCUT2D eigenvalue weighted by atomic mass is 9.93. The Balaban J connectivity index is 1.29. The third-order valence-corrected chi connectivity index (χ3v) is 6.93. The Hall–Kier alpha value is -3.26. The first-order chi connectivity index (χ1) is 17.0. The van der Waals surface area contributed by atoms with Gasteiger partial charge in [-0.25, -0.2) is 0 Å². The number of piperidine rings is 1. The molecule has 8 heteroatoms. The van der Waals surface area contributed by atoms with E-state index in [1.165, 1.54) is 5.56 Å². The summed E-state index contributed by atoms with van der Waals surface area (Å²) in [6.07, 6.45) is 2.70. The van der Waals surface area contributed by atoms with Gasteiger partial charge in [0.25, 0.3) is 5.91 Å². The van der Waals surface area contributed by atoms with E-state index in [1.807, 2.05) is 23.1 Å². The lowest BCUT2D eigenvalue weighted by Gasteiger charge is -2.37. The number of ether oxygens (including phenoxy) is 3. The number of carbonyl (C=O) groups is 2. The van der Waals surface area contributed by atoms with E-state index in [2.05, 4.69) is 10.2 Å². The lowest BCUT2D eigenvalue weighted by Crippen LogP contribution is -2.47. The van der Waals surface area contributed by atoms with Crippen LogP contribution in [0.1, 0.15) is 34.3 Å². The molecule has 1 saturated heterocycles. The standard InChI is InChI=1S/C27H35N3O5/c1-33-23-8-4-6-20(14-23)26(31)28-10-13-29-11-5-7-21(17-29)27(32)30-12-9-19-15-24(34-2)25(35-3)16-22(19)18-30/h4,6,8,14-16,21H,5,7,9-13,17-18H2,1-3H3,(H,28,31)/t21-/m1/s1. The number of hydrogen-bond acceptors (Lipinski definition) is 6. The molecule has 0 bridgehead atoms. The quantitative estimate of drug-likeness (QED) is 0.625. The van der Waals surface area contributed by atoms with E-state index >= 15 is 0 Å². The minimum atomic E-state index is -0.118. The molecule has 2 aromatic carbocycles. The van der Waals surface area contributed by atoms with E-state index in [9.17, 15) is 9.59 Å². The minimum absolute atomic E-state index is 0.0143. The highest BCUT2D eigenvalue weighted by Gasteiger charge is 2.31. The molecular formula is C27H35N3O5. The largest absolute Gasteiger partial charge is 0.497 e. The number of hydrogen-bond donors (Lipinski definition) is 1. The zero-order chi connectivity index (χ0) is 24.8. The van der Waals surface area contributed by atoms with Crippen LogP contribution in [0.15, 0.2) is 36.4 Å². The fourth-order valence-corrected chi connectivity index (χ4v) is 4.98. The van der Waals surface area contributed by atoms with Gasteiger partial charge in [-0.2, -0.15) is 0 Å². The molecule has 8 nitrogen and oxygen atoms in total. The van der Waals surface area contributed by atoms with Crippen LogP contribution in [0.3, 0.4) is 0 Å². The van der Waals surface area contributed by atoms with Crippen LogP contribution in [0.25, 0.3) is 0 Å². The maximum Gasteiger partial charge on any atom is 0.251 e. The van der Waals surface area contributed by atoms with Crippen molar-refractivity contribution in [2.75, 3.05) is 54.1 Å². The third kappa shape index (κ3) is 5.88. The molecule has 2 aliphatic rings. The molecule has 0 unspecified atom stereocenters. The normalized spacial score (nSPS) is 17.9. The molecule has 4 rings (SSSR count). The van der Waals surface area contributed by atoms with Gasteiger partial charge in [0, 0.05) is 38.3 Å². The van der Waals surface area contributed by atoms with Crippen molar-refractivity contribution in [1.82, 2.24) is 15.1 Å². The van der Waals surface area contributed by atoms with Crippen LogP contribution >= 0.6 is 0 Å². The molecule has 0 radical (unpaired) electrons. The predicted molar refractivity (Wildman–Crippen MR) is 133 cm³/mol. The molecule has 0 spiro atoms. The Morgan fingerprint density at radius 3 is 2.51 bits per heavy atom. The Morgan fingerprint density at radius 1 is 1.00 bits per heavy atom. The maximum atomic E-state index is 13.4. The van der Waals surface area contributed by atoms with Crippen LogP contribution in [0.4, 0.5) is 0 Å². The van der Waals surface area contributed by atoms with Gasteiger partial charge in [-0.15, -0.1) is 0 Å². The first-order valence-corrected chi connectivity index (χ1v) is 12.2. The van der Waals surface area contributed by atoms with Gasteiger partial charge in [0.1, 0.15) is 5.75 Å². The maximum absolute atomic E-state index is 13.4. The summed E-state index contributed by atoms with van der Waals surface area (Å²) < 4.78 is 16.1. The van der Waals surface area contributed by atoms with Crippen molar-refractivity contribution >= 4 is 11.8 Å². The molecule has 35 heavy (non-hydrogen) atoms. The van der Waals surface area contributed by atoms with Crippen LogP contribution in [-0.2, 0) is 17.8 Å².